The van der Waals surface area contributed by atoms with Gasteiger partial charge in [0.05, 0.1) is 65.8 Å². The Morgan fingerprint density at radius 2 is 0.966 bits per heavy atom. The molecule has 45 heteroatoms. The van der Waals surface area contributed by atoms with Crippen LogP contribution in [0.15, 0.2) is 141 Å². The molecule has 0 spiro atoms. The van der Waals surface area contributed by atoms with Gasteiger partial charge >= 0.3 is 12.2 Å². The van der Waals surface area contributed by atoms with E-state index in [9.17, 15) is 30.6 Å². The van der Waals surface area contributed by atoms with Crippen LogP contribution in [0.5, 0.6) is 0 Å². The first-order valence-electron chi connectivity index (χ1n) is 36.3. The molecule has 14 heterocycles. The van der Waals surface area contributed by atoms with Gasteiger partial charge < -0.3 is 46.3 Å². The molecule has 2 aliphatic carbocycles. The van der Waals surface area contributed by atoms with Crippen LogP contribution >= 0.6 is 91.8 Å². The molecule has 14 N–H and O–H groups in total. The first-order valence-corrected chi connectivity index (χ1v) is 45.8. The monoisotopic (exact) mass is 1830 g/mol. The molecule has 118 heavy (non-hydrogen) atoms. The summed E-state index contributed by atoms with van der Waals surface area (Å²) < 4.78 is 69.1. The number of benzene rings is 1. The molecule has 4 aliphatic rings. The van der Waals surface area contributed by atoms with E-state index in [4.69, 9.17) is 66.2 Å². The smallest absolute Gasteiger partial charge is 0.410 e. The second kappa shape index (κ2) is 37.1. The molecular formula is C73H91Cl4N25O9S7. The van der Waals surface area contributed by atoms with Gasteiger partial charge in [-0.25, -0.2) is 76.6 Å². The van der Waals surface area contributed by atoms with Gasteiger partial charge in [-0.15, -0.1) is 45.3 Å². The number of nitrogens with zero attached hydrogens (tertiary/aromatic N) is 13. The number of anilines is 8. The second-order valence-electron chi connectivity index (χ2n) is 28.1. The van der Waals surface area contributed by atoms with Gasteiger partial charge in [0.1, 0.15) is 40.7 Å². The van der Waals surface area contributed by atoms with E-state index in [1.54, 1.807) is 35.7 Å². The van der Waals surface area contributed by atoms with Gasteiger partial charge in [0, 0.05) is 113 Å². The van der Waals surface area contributed by atoms with Gasteiger partial charge in [0.25, 0.3) is 0 Å². The number of amides is 2. The van der Waals surface area contributed by atoms with E-state index in [0.717, 1.165) is 95.8 Å². The maximum Gasteiger partial charge on any atom is 0.410 e. The van der Waals surface area contributed by atoms with Gasteiger partial charge in [-0.05, 0) is 120 Å². The Hall–Kier alpha value is -9.99. The van der Waals surface area contributed by atoms with Gasteiger partial charge in [-0.2, -0.15) is 20.4 Å². The first kappa shape index (κ1) is 84.5. The Labute approximate surface area is 726 Å². The standard InChI is InChI=1S/C23H22ClN7O4S2.C20H23ClN6O2S.C15H16ClN7O2S2.C15H14ClN5OS2.8H2/c24-16-11-26-22(18-6-7-20(36-18)37(25,33)34)28-21(16)27-19-10-17(29-30-19)15-8-9-31(12-15)23(32)35-13-14-4-2-1-3-5-14;1-20(2,3)29-19(28)23-9-12-6-7-15(30-12)18-22-10-13(21)17(25-18)24-16-8-14(26-27-16)11-4-5-11;16-9-7-19-15(11-1-2-13(26-11)27(17,24)25)21-14(9)20-12-5-10(22-23-12)8-3-4-18-6-8;1-24(22)13-5-4-11(23-13)15-17-7-9(16)14(19-15)18-12-6-10(20-21-12)8-2-3-8;;;;;;;;/h1-7,10-11,15H,8-9,12-13H2,(H2,25,33,34)(H2,26,27,28,29,30);6-8,10-11H,4-5,9H2,1-3H3,(H,23,28)(H2,22,24,25,26,27);1-2,5,7-8,18H,3-4,6H2,(H2,17,24,25)(H2,19,20,21,22,23);4-8H,2-3H2,1H3,(H2,17,18,19,20,21);8*1H. The van der Waals surface area contributed by atoms with Crippen LogP contribution in [0.1, 0.15) is 128 Å². The van der Waals surface area contributed by atoms with E-state index in [0.29, 0.717) is 132 Å². The van der Waals surface area contributed by atoms with Gasteiger partial charge in [0.15, 0.2) is 69.8 Å². The van der Waals surface area contributed by atoms with Crippen molar-refractivity contribution in [2.24, 2.45) is 10.3 Å². The second-order valence-corrected chi connectivity index (χ2v) is 39.4. The zero-order chi connectivity index (χ0) is 83.0. The summed E-state index contributed by atoms with van der Waals surface area (Å²) in [5.74, 6) is 7.55. The number of aromatic amines is 4. The van der Waals surface area contributed by atoms with Crippen molar-refractivity contribution >= 4 is 181 Å². The van der Waals surface area contributed by atoms with Gasteiger partial charge in [-0.1, -0.05) is 76.7 Å². The number of halogens is 4. The van der Waals surface area contributed by atoms with Crippen molar-refractivity contribution in [3.63, 3.8) is 0 Å². The van der Waals surface area contributed by atoms with E-state index < -0.39 is 42.5 Å². The predicted octanol–water partition coefficient (Wildman–Crippen LogP) is 17.3. The number of nitrogens with two attached hydrogens (primary N) is 2. The molecule has 0 bridgehead atoms. The number of likely N-dealkylation sites (tertiary alicyclic amines) is 1. The summed E-state index contributed by atoms with van der Waals surface area (Å²) in [5, 5.41) is 59.5. The Morgan fingerprint density at radius 1 is 0.551 bits per heavy atom. The van der Waals surface area contributed by atoms with Crippen molar-refractivity contribution < 1.29 is 51.5 Å². The minimum absolute atomic E-state index is 0. The molecule has 0 radical (unpaired) electrons. The number of H-pyrrole nitrogens is 4. The summed E-state index contributed by atoms with van der Waals surface area (Å²) in [6.07, 6.45) is 13.5. The van der Waals surface area contributed by atoms with Crippen LogP contribution in [-0.2, 0) is 53.5 Å². The van der Waals surface area contributed by atoms with Crippen molar-refractivity contribution in [2.75, 3.05) is 53.7 Å². The minimum atomic E-state index is -3.81. The maximum absolute atomic E-state index is 12.5. The average Bonchev–Trinajstić information content (AvgIpc) is 1.69. The maximum atomic E-state index is 12.5. The molecule has 13 aromatic rings. The summed E-state index contributed by atoms with van der Waals surface area (Å²) >= 11 is 29.8. The number of aromatic nitrogens is 16. The van der Waals surface area contributed by atoms with E-state index >= 15 is 0 Å². The molecule has 12 aromatic heterocycles. The number of nitrogens with one attached hydrogen (secondary N) is 10. The topological polar surface area (TPSA) is 483 Å². The summed E-state index contributed by atoms with van der Waals surface area (Å²) in [4.78, 5) is 64.6. The number of ether oxygens (including phenoxy) is 2. The lowest BCUT2D eigenvalue weighted by Crippen LogP contribution is -2.31. The van der Waals surface area contributed by atoms with E-state index in [2.05, 4.69) is 113 Å². The molecule has 1 aromatic carbocycles. The third kappa shape index (κ3) is 22.7. The molecule has 34 nitrogen and oxygen atoms in total. The summed E-state index contributed by atoms with van der Waals surface area (Å²) in [6, 6.07) is 30.9. The number of primary sulfonamides is 2. The SMILES string of the molecule is CC(C)(C)OC(=O)NCc1ccc(-c2ncc(Cl)c(Nc3cc(C4CC4)[nH]n3)n2)s1.CS(=O)c1ccc(-c2ncc(Cl)c(Nc3cc(C4CC4)[nH]n3)n2)s1.NS(=O)(=O)c1ccc(-c2ncc(Cl)c(Nc3cc(C4CCN(C(=O)OCc5ccccc5)C4)[nH]n3)n2)s1.NS(=O)(=O)c1ccc(-c2ncc(Cl)c(Nc3cc(C4CCNC4)[nH]n3)n2)s1.[HH].[HH].[HH].[HH].[HH].[HH].[HH].[HH]. The van der Waals surface area contributed by atoms with Crippen molar-refractivity contribution in [1.82, 2.24) is 96.2 Å². The van der Waals surface area contributed by atoms with Crippen molar-refractivity contribution in [3.05, 3.63) is 181 Å². The average molecular weight is 1830 g/mol. The lowest BCUT2D eigenvalue weighted by Gasteiger charge is -2.19. The normalized spacial score (nSPS) is 15.5. The van der Waals surface area contributed by atoms with Gasteiger partial charge in [0.2, 0.25) is 20.0 Å². The van der Waals surface area contributed by atoms with Crippen molar-refractivity contribution in [2.45, 2.75) is 114 Å². The Morgan fingerprint density at radius 3 is 1.36 bits per heavy atom. The van der Waals surface area contributed by atoms with Crippen LogP contribution in [0.4, 0.5) is 56.1 Å². The molecule has 2 saturated heterocycles. The fourth-order valence-corrected chi connectivity index (χ4v) is 18.2. The number of hydrogen-bond acceptors (Lipinski definition) is 30. The van der Waals surface area contributed by atoms with E-state index in [-0.39, 0.29) is 43.5 Å². The molecule has 17 rings (SSSR count). The quantitative estimate of drug-likeness (QED) is 0.0283. The number of carbonyl (C=O) groups is 2. The summed E-state index contributed by atoms with van der Waals surface area (Å²) in [6.45, 7) is 9.10. The molecule has 632 valence electrons. The first-order chi connectivity index (χ1) is 56.5. The Balaban J connectivity index is 0.000000257. The minimum Gasteiger partial charge on any atom is -0.445 e. The van der Waals surface area contributed by atoms with Crippen molar-refractivity contribution in [1.29, 1.82) is 0 Å². The number of alkyl carbamates (subject to hydrolysis) is 1. The predicted molar refractivity (Wildman–Crippen MR) is 474 cm³/mol. The van der Waals surface area contributed by atoms with Crippen LogP contribution in [0.3, 0.4) is 0 Å². The van der Waals surface area contributed by atoms with Crippen LogP contribution in [-0.4, -0.2) is 157 Å². The van der Waals surface area contributed by atoms with Crippen LogP contribution < -0.4 is 42.2 Å². The molecule has 3 atom stereocenters. The van der Waals surface area contributed by atoms with Crippen molar-refractivity contribution in [3.8, 4) is 42.8 Å². The number of thiophene rings is 4. The van der Waals surface area contributed by atoms with Gasteiger partial charge in [-0.3, -0.25) is 24.6 Å². The lowest BCUT2D eigenvalue weighted by molar-refractivity contribution is 0.0523. The van der Waals surface area contributed by atoms with Crippen LogP contribution in [0.2, 0.25) is 20.1 Å². The highest BCUT2D eigenvalue weighted by atomic mass is 35.5. The Kier molecular flexibility index (Phi) is 26.6. The number of hydrogen-bond donors (Lipinski definition) is 12. The highest BCUT2D eigenvalue weighted by molar-refractivity contribution is 7.91. The lowest BCUT2D eigenvalue weighted by atomic mass is 10.1. The van der Waals surface area contributed by atoms with Crippen LogP contribution in [0, 0.1) is 0 Å². The molecule has 2 saturated carbocycles. The Bertz CT molecular complexity index is 6040. The third-order valence-corrected chi connectivity index (χ3v) is 27.7. The molecule has 3 unspecified atom stereocenters. The van der Waals surface area contributed by atoms with E-state index in [1.165, 1.54) is 72.9 Å². The van der Waals surface area contributed by atoms with E-state index in [1.807, 2.05) is 99.6 Å². The number of sulfonamides is 2. The molecule has 2 amide bonds. The third-order valence-electron chi connectivity index (χ3n) is 17.9. The zero-order valence-corrected chi connectivity index (χ0v) is 71.7. The largest absolute Gasteiger partial charge is 0.445 e. The summed E-state index contributed by atoms with van der Waals surface area (Å²) in [7, 11) is -8.59. The fraction of sp³-hybridized carbons (Fsp3) is 0.288. The molecule has 2 aliphatic heterocycles. The highest BCUT2D eigenvalue weighted by Crippen LogP contribution is 2.43. The van der Waals surface area contributed by atoms with Crippen LogP contribution in [0.25, 0.3) is 42.8 Å². The number of rotatable bonds is 23. The fourth-order valence-electron chi connectivity index (χ4n) is 11.8. The molecular weight excluding hydrogens is 1740 g/mol. The zero-order valence-electron chi connectivity index (χ0n) is 62.9. The molecule has 4 fully saturated rings. The highest BCUT2D eigenvalue weighted by Gasteiger charge is 2.32. The summed E-state index contributed by atoms with van der Waals surface area (Å²) in [5.41, 5.74) is 4.58. The number of carbonyl (C=O) groups excluding carboxylic acids is 2.